The highest BCUT2D eigenvalue weighted by Crippen LogP contribution is 2.19. The second kappa shape index (κ2) is 5.55. The van der Waals surface area contributed by atoms with E-state index < -0.39 is 23.2 Å². The number of anilines is 1. The summed E-state index contributed by atoms with van der Waals surface area (Å²) in [6.45, 7) is 1.71. The largest absolute Gasteiger partial charge is 0.320 e. The number of hydrogen-bond acceptors (Lipinski definition) is 2. The van der Waals surface area contributed by atoms with E-state index in [2.05, 4.69) is 10.3 Å². The third kappa shape index (κ3) is 2.55. The maximum atomic E-state index is 13.5. The van der Waals surface area contributed by atoms with Crippen molar-refractivity contribution in [3.8, 4) is 0 Å². The number of para-hydroxylation sites is 3. The van der Waals surface area contributed by atoms with Gasteiger partial charge in [0.25, 0.3) is 0 Å². The van der Waals surface area contributed by atoms with Crippen LogP contribution in [-0.2, 0) is 11.3 Å². The molecule has 0 atom stereocenters. The molecule has 3 rings (SSSR count). The van der Waals surface area contributed by atoms with Crippen molar-refractivity contribution in [1.82, 2.24) is 9.55 Å². The zero-order valence-corrected chi connectivity index (χ0v) is 11.8. The topological polar surface area (TPSA) is 46.9 Å². The van der Waals surface area contributed by atoms with Crippen molar-refractivity contribution in [2.45, 2.75) is 13.5 Å². The van der Waals surface area contributed by atoms with Crippen LogP contribution in [0.3, 0.4) is 0 Å². The number of fused-ring (bicyclic) bond motifs is 1. The number of amides is 1. The van der Waals surface area contributed by atoms with Crippen molar-refractivity contribution in [2.24, 2.45) is 0 Å². The molecule has 6 heteroatoms. The summed E-state index contributed by atoms with van der Waals surface area (Å²) in [5.74, 6) is -1.47. The van der Waals surface area contributed by atoms with Crippen LogP contribution in [0.4, 0.5) is 14.5 Å². The fourth-order valence-corrected chi connectivity index (χ4v) is 2.34. The number of hydrogen-bond donors (Lipinski definition) is 1. The predicted molar refractivity (Wildman–Crippen MR) is 79.5 cm³/mol. The zero-order chi connectivity index (χ0) is 15.7. The first-order valence-corrected chi connectivity index (χ1v) is 6.72. The molecule has 112 valence electrons. The van der Waals surface area contributed by atoms with Crippen LogP contribution in [0.2, 0.25) is 0 Å². The number of imidazole rings is 1. The summed E-state index contributed by atoms with van der Waals surface area (Å²) in [7, 11) is 0. The second-order valence-corrected chi connectivity index (χ2v) is 4.88. The summed E-state index contributed by atoms with van der Waals surface area (Å²) in [6.07, 6.45) is 0. The SMILES string of the molecule is Cc1nc2ccccc2n1CC(=O)Nc1c(F)cccc1F. The van der Waals surface area contributed by atoms with E-state index >= 15 is 0 Å². The lowest BCUT2D eigenvalue weighted by atomic mass is 10.3. The van der Waals surface area contributed by atoms with Crippen molar-refractivity contribution in [1.29, 1.82) is 0 Å². The van der Waals surface area contributed by atoms with Gasteiger partial charge in [0.15, 0.2) is 0 Å². The van der Waals surface area contributed by atoms with Gasteiger partial charge in [-0.3, -0.25) is 4.79 Å². The van der Waals surface area contributed by atoms with Gasteiger partial charge in [-0.15, -0.1) is 0 Å². The van der Waals surface area contributed by atoms with Crippen LogP contribution in [-0.4, -0.2) is 15.5 Å². The third-order valence-electron chi connectivity index (χ3n) is 3.37. The molecule has 0 bridgehead atoms. The van der Waals surface area contributed by atoms with Gasteiger partial charge < -0.3 is 9.88 Å². The van der Waals surface area contributed by atoms with Gasteiger partial charge in [0.05, 0.1) is 11.0 Å². The van der Waals surface area contributed by atoms with Gasteiger partial charge in [0.1, 0.15) is 29.7 Å². The highest BCUT2D eigenvalue weighted by molar-refractivity contribution is 5.92. The number of halogens is 2. The molecule has 0 aliphatic heterocycles. The highest BCUT2D eigenvalue weighted by atomic mass is 19.1. The molecular weight excluding hydrogens is 288 g/mol. The van der Waals surface area contributed by atoms with Crippen LogP contribution in [0, 0.1) is 18.6 Å². The summed E-state index contributed by atoms with van der Waals surface area (Å²) < 4.78 is 28.8. The van der Waals surface area contributed by atoms with E-state index in [1.165, 1.54) is 6.07 Å². The molecule has 2 aromatic carbocycles. The van der Waals surface area contributed by atoms with Crippen LogP contribution < -0.4 is 5.32 Å². The number of nitrogens with one attached hydrogen (secondary N) is 1. The molecule has 0 aliphatic rings. The first kappa shape index (κ1) is 14.2. The Labute approximate surface area is 125 Å². The number of carbonyl (C=O) groups excluding carboxylic acids is 1. The Bertz CT molecular complexity index is 837. The van der Waals surface area contributed by atoms with E-state index in [0.29, 0.717) is 5.82 Å². The summed E-state index contributed by atoms with van der Waals surface area (Å²) in [5, 5.41) is 2.27. The number of nitrogens with zero attached hydrogens (tertiary/aromatic N) is 2. The quantitative estimate of drug-likeness (QED) is 0.807. The summed E-state index contributed by atoms with van der Waals surface area (Å²) in [6, 6.07) is 10.8. The van der Waals surface area contributed by atoms with E-state index in [1.807, 2.05) is 24.3 Å². The minimum Gasteiger partial charge on any atom is -0.320 e. The average molecular weight is 301 g/mol. The average Bonchev–Trinajstić information content (AvgIpc) is 2.79. The molecule has 1 heterocycles. The van der Waals surface area contributed by atoms with Crippen LogP contribution in [0.15, 0.2) is 42.5 Å². The molecule has 1 amide bonds. The second-order valence-electron chi connectivity index (χ2n) is 4.88. The molecule has 0 radical (unpaired) electrons. The Morgan fingerprint density at radius 1 is 1.14 bits per heavy atom. The normalized spacial score (nSPS) is 10.9. The summed E-state index contributed by atoms with van der Waals surface area (Å²) >= 11 is 0. The van der Waals surface area contributed by atoms with Crippen molar-refractivity contribution in [2.75, 3.05) is 5.32 Å². The number of aryl methyl sites for hydroxylation is 1. The smallest absolute Gasteiger partial charge is 0.244 e. The Morgan fingerprint density at radius 3 is 2.55 bits per heavy atom. The Morgan fingerprint density at radius 2 is 1.82 bits per heavy atom. The number of aromatic nitrogens is 2. The molecule has 0 unspecified atom stereocenters. The van der Waals surface area contributed by atoms with E-state index in [9.17, 15) is 13.6 Å². The van der Waals surface area contributed by atoms with Gasteiger partial charge in [-0.05, 0) is 31.2 Å². The third-order valence-corrected chi connectivity index (χ3v) is 3.37. The highest BCUT2D eigenvalue weighted by Gasteiger charge is 2.14. The van der Waals surface area contributed by atoms with Gasteiger partial charge in [-0.1, -0.05) is 18.2 Å². The minimum absolute atomic E-state index is 0.0693. The summed E-state index contributed by atoms with van der Waals surface area (Å²) in [5.41, 5.74) is 1.13. The molecule has 0 aliphatic carbocycles. The Kier molecular flexibility index (Phi) is 3.58. The van der Waals surface area contributed by atoms with E-state index in [0.717, 1.165) is 23.2 Å². The number of benzene rings is 2. The van der Waals surface area contributed by atoms with Crippen LogP contribution in [0.5, 0.6) is 0 Å². The van der Waals surface area contributed by atoms with Crippen LogP contribution >= 0.6 is 0 Å². The van der Waals surface area contributed by atoms with Crippen molar-refractivity contribution < 1.29 is 13.6 Å². The predicted octanol–water partition coefficient (Wildman–Crippen LogP) is 3.26. The molecule has 1 aromatic heterocycles. The molecule has 0 saturated carbocycles. The van der Waals surface area contributed by atoms with Gasteiger partial charge in [0.2, 0.25) is 5.91 Å². The van der Waals surface area contributed by atoms with Crippen molar-refractivity contribution in [3.05, 3.63) is 59.9 Å². The molecule has 22 heavy (non-hydrogen) atoms. The minimum atomic E-state index is -0.805. The maximum absolute atomic E-state index is 13.5. The Balaban J connectivity index is 1.86. The molecule has 3 aromatic rings. The van der Waals surface area contributed by atoms with Crippen molar-refractivity contribution >= 4 is 22.6 Å². The first-order valence-electron chi connectivity index (χ1n) is 6.72. The number of carbonyl (C=O) groups is 1. The zero-order valence-electron chi connectivity index (χ0n) is 11.8. The van der Waals surface area contributed by atoms with Gasteiger partial charge in [-0.25, -0.2) is 13.8 Å². The van der Waals surface area contributed by atoms with Crippen LogP contribution in [0.1, 0.15) is 5.82 Å². The van der Waals surface area contributed by atoms with Crippen LogP contribution in [0.25, 0.3) is 11.0 Å². The maximum Gasteiger partial charge on any atom is 0.244 e. The fraction of sp³-hybridized carbons (Fsp3) is 0.125. The van der Waals surface area contributed by atoms with E-state index in [1.54, 1.807) is 11.5 Å². The molecule has 0 spiro atoms. The molecular formula is C16H13F2N3O. The first-order chi connectivity index (χ1) is 10.6. The molecule has 4 nitrogen and oxygen atoms in total. The Hall–Kier alpha value is -2.76. The standard InChI is InChI=1S/C16H13F2N3O/c1-10-19-13-7-2-3-8-14(13)21(10)9-15(22)20-16-11(17)5-4-6-12(16)18/h2-8H,9H2,1H3,(H,20,22). The molecule has 0 fully saturated rings. The van der Waals surface area contributed by atoms with Gasteiger partial charge in [0, 0.05) is 0 Å². The van der Waals surface area contributed by atoms with E-state index in [-0.39, 0.29) is 6.54 Å². The fourth-order valence-electron chi connectivity index (χ4n) is 2.34. The van der Waals surface area contributed by atoms with Crippen molar-refractivity contribution in [3.63, 3.8) is 0 Å². The van der Waals surface area contributed by atoms with Gasteiger partial charge >= 0.3 is 0 Å². The lowest BCUT2D eigenvalue weighted by Gasteiger charge is -2.09. The monoisotopic (exact) mass is 301 g/mol. The number of rotatable bonds is 3. The van der Waals surface area contributed by atoms with Gasteiger partial charge in [-0.2, -0.15) is 0 Å². The molecule has 1 N–H and O–H groups in total. The summed E-state index contributed by atoms with van der Waals surface area (Å²) in [4.78, 5) is 16.4. The van der Waals surface area contributed by atoms with E-state index in [4.69, 9.17) is 0 Å². The lowest BCUT2D eigenvalue weighted by molar-refractivity contribution is -0.116. The lowest BCUT2D eigenvalue weighted by Crippen LogP contribution is -2.20. The molecule has 0 saturated heterocycles.